The molecule has 0 spiro atoms. The Balaban J connectivity index is 2.33. The van der Waals surface area contributed by atoms with Gasteiger partial charge in [0, 0.05) is 17.5 Å². The summed E-state index contributed by atoms with van der Waals surface area (Å²) in [7, 11) is 0. The van der Waals surface area contributed by atoms with Gasteiger partial charge in [-0.25, -0.2) is 4.79 Å². The van der Waals surface area contributed by atoms with E-state index in [1.54, 1.807) is 31.3 Å². The Morgan fingerprint density at radius 1 is 1.47 bits per heavy atom. The molecule has 2 rings (SSSR count). The second kappa shape index (κ2) is 5.09. The van der Waals surface area contributed by atoms with E-state index in [9.17, 15) is 9.59 Å². The molecule has 1 atom stereocenters. The van der Waals surface area contributed by atoms with Crippen molar-refractivity contribution in [2.24, 2.45) is 0 Å². The zero-order chi connectivity index (χ0) is 14.0. The highest BCUT2D eigenvalue weighted by atomic mass is 16.4. The number of fused-ring (bicyclic) bond motifs is 1. The molecule has 100 valence electrons. The fourth-order valence-corrected chi connectivity index (χ4v) is 1.97. The molecule has 1 amide bonds. The number of nitrogens with zero attached hydrogens (tertiary/aromatic N) is 2. The first-order valence-corrected chi connectivity index (χ1v) is 6.01. The van der Waals surface area contributed by atoms with Crippen molar-refractivity contribution < 1.29 is 14.7 Å². The number of aromatic amines is 1. The molecule has 0 fully saturated rings. The van der Waals surface area contributed by atoms with E-state index < -0.39 is 12.0 Å². The fraction of sp³-hybridized carbons (Fsp3) is 0.308. The zero-order valence-electron chi connectivity index (χ0n) is 10.8. The van der Waals surface area contributed by atoms with Gasteiger partial charge in [-0.15, -0.1) is 0 Å². The lowest BCUT2D eigenvalue weighted by atomic mass is 10.1. The lowest BCUT2D eigenvalue weighted by molar-refractivity contribution is -0.141. The molecule has 0 saturated heterocycles. The van der Waals surface area contributed by atoms with E-state index in [0.29, 0.717) is 12.1 Å². The molecule has 1 aromatic heterocycles. The van der Waals surface area contributed by atoms with Gasteiger partial charge >= 0.3 is 5.97 Å². The maximum atomic E-state index is 12.3. The maximum Gasteiger partial charge on any atom is 0.326 e. The Morgan fingerprint density at radius 3 is 2.84 bits per heavy atom. The second-order valence-corrected chi connectivity index (χ2v) is 4.28. The normalized spacial score (nSPS) is 12.3. The monoisotopic (exact) mass is 261 g/mol. The minimum atomic E-state index is -1.01. The Bertz CT molecular complexity index is 620. The molecular weight excluding hydrogens is 246 g/mol. The lowest BCUT2D eigenvalue weighted by Crippen LogP contribution is -2.43. The Hall–Kier alpha value is -2.37. The van der Waals surface area contributed by atoms with Crippen molar-refractivity contribution >= 4 is 22.8 Å². The number of carboxylic acid groups (broad SMARTS) is 1. The van der Waals surface area contributed by atoms with Gasteiger partial charge in [-0.1, -0.05) is 0 Å². The number of hydrogen-bond donors (Lipinski definition) is 2. The van der Waals surface area contributed by atoms with Crippen molar-refractivity contribution in [2.45, 2.75) is 19.9 Å². The number of hydrogen-bond acceptors (Lipinski definition) is 3. The number of likely N-dealkylation sites (N-methyl/N-ethyl adjacent to an activating group) is 1. The third-order valence-corrected chi connectivity index (χ3v) is 3.11. The summed E-state index contributed by atoms with van der Waals surface area (Å²) in [5.41, 5.74) is 1.30. The zero-order valence-corrected chi connectivity index (χ0v) is 10.8. The molecule has 2 aromatic rings. The van der Waals surface area contributed by atoms with Crippen molar-refractivity contribution in [1.82, 2.24) is 15.1 Å². The molecule has 19 heavy (non-hydrogen) atoms. The number of rotatable bonds is 4. The molecule has 1 heterocycles. The van der Waals surface area contributed by atoms with E-state index in [1.807, 2.05) is 0 Å². The summed E-state index contributed by atoms with van der Waals surface area (Å²) in [6.45, 7) is 3.60. The summed E-state index contributed by atoms with van der Waals surface area (Å²) in [4.78, 5) is 24.6. The second-order valence-electron chi connectivity index (χ2n) is 4.28. The largest absolute Gasteiger partial charge is 0.480 e. The average Bonchev–Trinajstić information content (AvgIpc) is 2.86. The van der Waals surface area contributed by atoms with Crippen molar-refractivity contribution in [3.05, 3.63) is 30.0 Å². The maximum absolute atomic E-state index is 12.3. The average molecular weight is 261 g/mol. The first kappa shape index (κ1) is 13.1. The molecule has 6 nitrogen and oxygen atoms in total. The number of amides is 1. The van der Waals surface area contributed by atoms with Crippen LogP contribution in [0.2, 0.25) is 0 Å². The van der Waals surface area contributed by atoms with Crippen LogP contribution in [-0.2, 0) is 4.79 Å². The van der Waals surface area contributed by atoms with Crippen molar-refractivity contribution in [1.29, 1.82) is 0 Å². The van der Waals surface area contributed by atoms with Gasteiger partial charge in [0.05, 0.1) is 11.7 Å². The summed E-state index contributed by atoms with van der Waals surface area (Å²) < 4.78 is 0. The summed E-state index contributed by atoms with van der Waals surface area (Å²) in [5.74, 6) is -1.31. The van der Waals surface area contributed by atoms with Crippen LogP contribution >= 0.6 is 0 Å². The van der Waals surface area contributed by atoms with Crippen LogP contribution in [0.5, 0.6) is 0 Å². The minimum Gasteiger partial charge on any atom is -0.480 e. The summed E-state index contributed by atoms with van der Waals surface area (Å²) in [6, 6.07) is 4.28. The van der Waals surface area contributed by atoms with Crippen LogP contribution in [0, 0.1) is 0 Å². The van der Waals surface area contributed by atoms with Gasteiger partial charge in [0.15, 0.2) is 0 Å². The van der Waals surface area contributed by atoms with Crippen LogP contribution in [0.3, 0.4) is 0 Å². The number of carboxylic acids is 1. The minimum absolute atomic E-state index is 0.291. The van der Waals surface area contributed by atoms with Gasteiger partial charge in [-0.2, -0.15) is 5.10 Å². The number of aromatic nitrogens is 2. The standard InChI is InChI=1S/C13H15N3O3/c1-3-16(8(2)13(18)19)12(17)9-4-5-11-10(6-9)7-14-15-11/h4-8H,3H2,1-2H3,(H,14,15)(H,18,19)/t8-/m0/s1. The molecule has 0 saturated carbocycles. The molecule has 1 aromatic carbocycles. The van der Waals surface area contributed by atoms with Crippen molar-refractivity contribution in [3.8, 4) is 0 Å². The third kappa shape index (κ3) is 2.42. The molecule has 6 heteroatoms. The van der Waals surface area contributed by atoms with Crippen molar-refractivity contribution in [3.63, 3.8) is 0 Å². The van der Waals surface area contributed by atoms with Gasteiger partial charge in [0.25, 0.3) is 5.91 Å². The molecule has 0 aliphatic carbocycles. The SMILES string of the molecule is CCN(C(=O)c1ccc2[nH]ncc2c1)[C@@H](C)C(=O)O. The smallest absolute Gasteiger partial charge is 0.326 e. The first-order valence-electron chi connectivity index (χ1n) is 6.01. The number of H-pyrrole nitrogens is 1. The molecule has 2 N–H and O–H groups in total. The van der Waals surface area contributed by atoms with E-state index in [4.69, 9.17) is 5.11 Å². The Kier molecular flexibility index (Phi) is 3.50. The quantitative estimate of drug-likeness (QED) is 0.873. The van der Waals surface area contributed by atoms with Crippen LogP contribution in [0.25, 0.3) is 10.9 Å². The Morgan fingerprint density at radius 2 is 2.21 bits per heavy atom. The predicted molar refractivity (Wildman–Crippen MR) is 69.9 cm³/mol. The van der Waals surface area contributed by atoms with E-state index in [0.717, 1.165) is 10.9 Å². The number of carbonyl (C=O) groups excluding carboxylic acids is 1. The summed E-state index contributed by atoms with van der Waals surface area (Å²) in [6.07, 6.45) is 1.63. The van der Waals surface area contributed by atoms with Gasteiger partial charge in [0.2, 0.25) is 0 Å². The predicted octanol–water partition coefficient (Wildman–Crippen LogP) is 1.50. The molecule has 0 aliphatic rings. The highest BCUT2D eigenvalue weighted by Crippen LogP contribution is 2.15. The van der Waals surface area contributed by atoms with Crippen LogP contribution in [0.15, 0.2) is 24.4 Å². The van der Waals surface area contributed by atoms with Gasteiger partial charge < -0.3 is 10.0 Å². The van der Waals surface area contributed by atoms with Crippen LogP contribution in [0.1, 0.15) is 24.2 Å². The Labute approximate surface area is 110 Å². The lowest BCUT2D eigenvalue weighted by Gasteiger charge is -2.25. The summed E-state index contributed by atoms with van der Waals surface area (Å²) >= 11 is 0. The van der Waals surface area contributed by atoms with E-state index in [1.165, 1.54) is 11.8 Å². The van der Waals surface area contributed by atoms with E-state index >= 15 is 0 Å². The number of nitrogens with one attached hydrogen (secondary N) is 1. The fourth-order valence-electron chi connectivity index (χ4n) is 1.97. The summed E-state index contributed by atoms with van der Waals surface area (Å²) in [5, 5.41) is 16.5. The van der Waals surface area contributed by atoms with Crippen LogP contribution < -0.4 is 0 Å². The highest BCUT2D eigenvalue weighted by molar-refractivity contribution is 5.99. The van der Waals surface area contributed by atoms with E-state index in [-0.39, 0.29) is 5.91 Å². The molecule has 0 radical (unpaired) electrons. The third-order valence-electron chi connectivity index (χ3n) is 3.11. The van der Waals surface area contributed by atoms with Gasteiger partial charge in [-0.3, -0.25) is 9.89 Å². The first-order chi connectivity index (χ1) is 9.04. The van der Waals surface area contributed by atoms with Crippen LogP contribution in [-0.4, -0.2) is 44.7 Å². The molecule has 0 unspecified atom stereocenters. The van der Waals surface area contributed by atoms with Crippen LogP contribution in [0.4, 0.5) is 0 Å². The molecule has 0 aliphatic heterocycles. The number of aliphatic carboxylic acids is 1. The number of carbonyl (C=O) groups is 2. The molecule has 0 bridgehead atoms. The van der Waals surface area contributed by atoms with Gasteiger partial charge in [-0.05, 0) is 32.0 Å². The van der Waals surface area contributed by atoms with Crippen molar-refractivity contribution in [2.75, 3.05) is 6.54 Å². The van der Waals surface area contributed by atoms with E-state index in [2.05, 4.69) is 10.2 Å². The van der Waals surface area contributed by atoms with Gasteiger partial charge in [0.1, 0.15) is 6.04 Å². The topological polar surface area (TPSA) is 86.3 Å². The molecular formula is C13H15N3O3. The number of benzene rings is 1. The highest BCUT2D eigenvalue weighted by Gasteiger charge is 2.25.